The van der Waals surface area contributed by atoms with Crippen LogP contribution in [0.3, 0.4) is 0 Å². The lowest BCUT2D eigenvalue weighted by Crippen LogP contribution is -2.49. The normalized spacial score (nSPS) is 17.2. The van der Waals surface area contributed by atoms with Gasteiger partial charge in [0.1, 0.15) is 0 Å². The van der Waals surface area contributed by atoms with Gasteiger partial charge >= 0.3 is 0 Å². The van der Waals surface area contributed by atoms with Crippen LogP contribution in [0.15, 0.2) is 29.3 Å². The second-order valence-electron chi connectivity index (χ2n) is 8.07. The summed E-state index contributed by atoms with van der Waals surface area (Å²) >= 11 is 0. The molecule has 1 saturated heterocycles. The van der Waals surface area contributed by atoms with Gasteiger partial charge < -0.3 is 15.5 Å². The van der Waals surface area contributed by atoms with E-state index in [-0.39, 0.29) is 29.9 Å². The third-order valence-electron chi connectivity index (χ3n) is 5.56. The van der Waals surface area contributed by atoms with Gasteiger partial charge in [-0.2, -0.15) is 0 Å². The van der Waals surface area contributed by atoms with Crippen LogP contribution in [-0.4, -0.2) is 75.0 Å². The van der Waals surface area contributed by atoms with Crippen molar-refractivity contribution in [3.8, 4) is 0 Å². The SMILES string of the molecule is CCCCN1CCCCC1CNC(=NC)NCCc1cccc(C(=O)N(C)C)c1.I. The van der Waals surface area contributed by atoms with Crippen LogP contribution in [0.25, 0.3) is 0 Å². The largest absolute Gasteiger partial charge is 0.356 e. The second kappa shape index (κ2) is 14.6. The van der Waals surface area contributed by atoms with Gasteiger partial charge in [0.05, 0.1) is 0 Å². The molecule has 0 spiro atoms. The predicted octanol–water partition coefficient (Wildman–Crippen LogP) is 3.37. The first-order chi connectivity index (χ1) is 14.0. The van der Waals surface area contributed by atoms with Crippen molar-refractivity contribution < 1.29 is 4.79 Å². The molecule has 2 N–H and O–H groups in total. The number of halogens is 1. The van der Waals surface area contributed by atoms with E-state index < -0.39 is 0 Å². The number of nitrogens with zero attached hydrogens (tertiary/aromatic N) is 3. The van der Waals surface area contributed by atoms with Crippen molar-refractivity contribution in [2.45, 2.75) is 51.5 Å². The Hall–Kier alpha value is -1.35. The van der Waals surface area contributed by atoms with Crippen molar-refractivity contribution in [2.75, 3.05) is 47.3 Å². The number of likely N-dealkylation sites (tertiary alicyclic amines) is 1. The topological polar surface area (TPSA) is 60.0 Å². The molecule has 1 amide bonds. The summed E-state index contributed by atoms with van der Waals surface area (Å²) in [6, 6.07) is 8.47. The van der Waals surface area contributed by atoms with Crippen molar-refractivity contribution in [1.29, 1.82) is 0 Å². The number of carbonyl (C=O) groups is 1. The molecular formula is C23H40IN5O. The molecule has 0 radical (unpaired) electrons. The molecule has 2 rings (SSSR count). The first-order valence-corrected chi connectivity index (χ1v) is 11.0. The van der Waals surface area contributed by atoms with Gasteiger partial charge in [-0.3, -0.25) is 14.7 Å². The number of amides is 1. The minimum Gasteiger partial charge on any atom is -0.356 e. The van der Waals surface area contributed by atoms with E-state index >= 15 is 0 Å². The van der Waals surface area contributed by atoms with Gasteiger partial charge in [-0.15, -0.1) is 24.0 Å². The smallest absolute Gasteiger partial charge is 0.253 e. The fourth-order valence-corrected chi connectivity index (χ4v) is 3.83. The maximum Gasteiger partial charge on any atom is 0.253 e. The van der Waals surface area contributed by atoms with Gasteiger partial charge in [-0.05, 0) is 56.5 Å². The quantitative estimate of drug-likeness (QED) is 0.293. The Labute approximate surface area is 199 Å². The number of hydrogen-bond donors (Lipinski definition) is 2. The van der Waals surface area contributed by atoms with E-state index in [0.717, 1.165) is 36.6 Å². The standard InChI is InChI=1S/C23H39N5O.HI/c1-5-6-15-28-16-8-7-12-21(28)18-26-23(24-2)25-14-13-19-10-9-11-20(17-19)22(29)27(3)4;/h9-11,17,21H,5-8,12-16,18H2,1-4H3,(H2,24,25,26);1H. The average molecular weight is 530 g/mol. The van der Waals surface area contributed by atoms with Gasteiger partial charge in [0.25, 0.3) is 5.91 Å². The number of piperidine rings is 1. The maximum absolute atomic E-state index is 12.1. The summed E-state index contributed by atoms with van der Waals surface area (Å²) in [6.07, 6.45) is 7.29. The summed E-state index contributed by atoms with van der Waals surface area (Å²) in [5.74, 6) is 0.893. The number of nitrogens with one attached hydrogen (secondary N) is 2. The molecule has 6 nitrogen and oxygen atoms in total. The van der Waals surface area contributed by atoms with E-state index in [1.54, 1.807) is 19.0 Å². The van der Waals surface area contributed by atoms with Crippen molar-refractivity contribution in [1.82, 2.24) is 20.4 Å². The van der Waals surface area contributed by atoms with Crippen LogP contribution in [0, 0.1) is 0 Å². The van der Waals surface area contributed by atoms with Crippen LogP contribution in [0.2, 0.25) is 0 Å². The third kappa shape index (κ3) is 8.79. The minimum atomic E-state index is 0. The van der Waals surface area contributed by atoms with Crippen LogP contribution >= 0.6 is 24.0 Å². The summed E-state index contributed by atoms with van der Waals surface area (Å²) in [5, 5.41) is 6.92. The van der Waals surface area contributed by atoms with Crippen LogP contribution in [-0.2, 0) is 6.42 Å². The predicted molar refractivity (Wildman–Crippen MR) is 137 cm³/mol. The van der Waals surface area contributed by atoms with E-state index in [1.807, 2.05) is 25.2 Å². The lowest BCUT2D eigenvalue weighted by molar-refractivity contribution is 0.0827. The van der Waals surface area contributed by atoms with E-state index in [1.165, 1.54) is 45.2 Å². The molecule has 170 valence electrons. The Morgan fingerprint density at radius 3 is 2.77 bits per heavy atom. The molecule has 1 fully saturated rings. The average Bonchev–Trinajstić information content (AvgIpc) is 2.74. The van der Waals surface area contributed by atoms with Crippen molar-refractivity contribution in [2.24, 2.45) is 4.99 Å². The van der Waals surface area contributed by atoms with Crippen molar-refractivity contribution in [3.05, 3.63) is 35.4 Å². The van der Waals surface area contributed by atoms with Gasteiger partial charge in [0.15, 0.2) is 5.96 Å². The monoisotopic (exact) mass is 529 g/mol. The first-order valence-electron chi connectivity index (χ1n) is 11.0. The third-order valence-corrected chi connectivity index (χ3v) is 5.56. The molecule has 1 aliphatic heterocycles. The number of aliphatic imine (C=N–C) groups is 1. The Bertz CT molecular complexity index is 665. The highest BCUT2D eigenvalue weighted by Gasteiger charge is 2.21. The van der Waals surface area contributed by atoms with Crippen molar-refractivity contribution >= 4 is 35.8 Å². The minimum absolute atomic E-state index is 0. The number of hydrogen-bond acceptors (Lipinski definition) is 3. The number of carbonyl (C=O) groups excluding carboxylic acids is 1. The van der Waals surface area contributed by atoms with E-state index in [4.69, 9.17) is 0 Å². The Morgan fingerprint density at radius 1 is 1.27 bits per heavy atom. The zero-order chi connectivity index (χ0) is 21.1. The molecule has 1 aromatic rings. The summed E-state index contributed by atoms with van der Waals surface area (Å²) in [4.78, 5) is 20.8. The lowest BCUT2D eigenvalue weighted by Gasteiger charge is -2.36. The summed E-state index contributed by atoms with van der Waals surface area (Å²) in [6.45, 7) is 6.41. The molecular weight excluding hydrogens is 489 g/mol. The Kier molecular flexibility index (Phi) is 13.0. The highest BCUT2D eigenvalue weighted by Crippen LogP contribution is 2.17. The van der Waals surface area contributed by atoms with Crippen LogP contribution < -0.4 is 10.6 Å². The van der Waals surface area contributed by atoms with E-state index in [9.17, 15) is 4.79 Å². The van der Waals surface area contributed by atoms with Crippen LogP contribution in [0.1, 0.15) is 54.9 Å². The fourth-order valence-electron chi connectivity index (χ4n) is 3.83. The van der Waals surface area contributed by atoms with Gasteiger partial charge in [0, 0.05) is 45.8 Å². The number of unbranched alkanes of at least 4 members (excludes halogenated alkanes) is 1. The molecule has 30 heavy (non-hydrogen) atoms. The highest BCUT2D eigenvalue weighted by atomic mass is 127. The maximum atomic E-state index is 12.1. The molecule has 1 atom stereocenters. The molecule has 0 saturated carbocycles. The lowest BCUT2D eigenvalue weighted by atomic mass is 10.0. The zero-order valence-corrected chi connectivity index (χ0v) is 21.4. The van der Waals surface area contributed by atoms with E-state index in [2.05, 4.69) is 33.5 Å². The van der Waals surface area contributed by atoms with Gasteiger partial charge in [0.2, 0.25) is 0 Å². The molecule has 1 aromatic carbocycles. The zero-order valence-electron chi connectivity index (χ0n) is 19.1. The Balaban J connectivity index is 0.00000450. The first kappa shape index (κ1) is 26.7. The summed E-state index contributed by atoms with van der Waals surface area (Å²) in [5.41, 5.74) is 1.89. The number of guanidine groups is 1. The highest BCUT2D eigenvalue weighted by molar-refractivity contribution is 14.0. The number of rotatable bonds is 9. The molecule has 1 unspecified atom stereocenters. The Morgan fingerprint density at radius 2 is 2.07 bits per heavy atom. The van der Waals surface area contributed by atoms with Crippen molar-refractivity contribution in [3.63, 3.8) is 0 Å². The molecule has 0 aliphatic carbocycles. The van der Waals surface area contributed by atoms with Crippen LogP contribution in [0.5, 0.6) is 0 Å². The number of benzene rings is 1. The van der Waals surface area contributed by atoms with E-state index in [0.29, 0.717) is 6.04 Å². The van der Waals surface area contributed by atoms with Crippen LogP contribution in [0.4, 0.5) is 0 Å². The van der Waals surface area contributed by atoms with Gasteiger partial charge in [-0.1, -0.05) is 31.9 Å². The fraction of sp³-hybridized carbons (Fsp3) is 0.652. The summed E-state index contributed by atoms with van der Waals surface area (Å²) < 4.78 is 0. The summed E-state index contributed by atoms with van der Waals surface area (Å²) in [7, 11) is 5.38. The molecule has 0 aromatic heterocycles. The molecule has 0 bridgehead atoms. The second-order valence-corrected chi connectivity index (χ2v) is 8.07. The molecule has 1 aliphatic rings. The molecule has 7 heteroatoms. The molecule has 1 heterocycles. The van der Waals surface area contributed by atoms with Gasteiger partial charge in [-0.25, -0.2) is 0 Å².